The Morgan fingerprint density at radius 2 is 1.84 bits per heavy atom. The number of nitrogens with zero attached hydrogens (tertiary/aromatic N) is 3. The highest BCUT2D eigenvalue weighted by Gasteiger charge is 2.21. The lowest BCUT2D eigenvalue weighted by Crippen LogP contribution is -2.14. The lowest BCUT2D eigenvalue weighted by atomic mass is 10.0. The second kappa shape index (κ2) is 7.23. The smallest absolute Gasteiger partial charge is 0.222 e. The number of hydrogen-bond donors (Lipinski definition) is 2. The largest absolute Gasteiger partial charge is 0.394 e. The van der Waals surface area contributed by atoms with Gasteiger partial charge in [0.15, 0.2) is 0 Å². The van der Waals surface area contributed by atoms with Gasteiger partial charge >= 0.3 is 0 Å². The molecule has 0 aliphatic heterocycles. The van der Waals surface area contributed by atoms with Gasteiger partial charge in [-0.15, -0.1) is 0 Å². The molecule has 2 heterocycles. The minimum absolute atomic E-state index is 0.132. The van der Waals surface area contributed by atoms with Crippen molar-refractivity contribution in [1.29, 1.82) is 0 Å². The zero-order valence-electron chi connectivity index (χ0n) is 13.6. The third-order valence-electron chi connectivity index (χ3n) is 3.65. The van der Waals surface area contributed by atoms with Gasteiger partial charge in [-0.2, -0.15) is 5.10 Å². The van der Waals surface area contributed by atoms with Crippen molar-refractivity contribution in [2.45, 2.75) is 13.5 Å². The van der Waals surface area contributed by atoms with Crippen LogP contribution in [0.15, 0.2) is 48.8 Å². The summed E-state index contributed by atoms with van der Waals surface area (Å²) in [5.41, 5.74) is 2.79. The van der Waals surface area contributed by atoms with E-state index in [-0.39, 0.29) is 24.9 Å². The molecular weight excluding hydrogens is 323 g/mol. The van der Waals surface area contributed by atoms with Crippen LogP contribution in [0.25, 0.3) is 22.4 Å². The van der Waals surface area contributed by atoms with Crippen LogP contribution in [0.1, 0.15) is 6.92 Å². The monoisotopic (exact) mass is 340 g/mol. The quantitative estimate of drug-likeness (QED) is 0.748. The molecule has 0 saturated heterocycles. The summed E-state index contributed by atoms with van der Waals surface area (Å²) < 4.78 is 14.8. The molecule has 2 aromatic heterocycles. The minimum Gasteiger partial charge on any atom is -0.394 e. The Morgan fingerprint density at radius 1 is 1.16 bits per heavy atom. The second-order valence-corrected chi connectivity index (χ2v) is 5.44. The Bertz CT molecular complexity index is 876. The molecular formula is C18H17FN4O2. The molecule has 0 bridgehead atoms. The van der Waals surface area contributed by atoms with E-state index < -0.39 is 0 Å². The Balaban J connectivity index is 2.25. The predicted octanol–water partition coefficient (Wildman–Crippen LogP) is 2.70. The number of aromatic nitrogens is 3. The molecule has 2 N–H and O–H groups in total. The molecule has 7 heteroatoms. The summed E-state index contributed by atoms with van der Waals surface area (Å²) in [6.45, 7) is 1.49. The molecule has 0 radical (unpaired) electrons. The summed E-state index contributed by atoms with van der Waals surface area (Å²) >= 11 is 0. The standard InChI is InChI=1S/C18H17FN4O2/c1-12(25)21-18-16(13-6-8-20-9-7-13)17(22-23(18)10-11-24)14-2-4-15(19)5-3-14/h2-9,24H,10-11H2,1H3,(H,21,25). The number of anilines is 1. The predicted molar refractivity (Wildman–Crippen MR) is 92.2 cm³/mol. The highest BCUT2D eigenvalue weighted by atomic mass is 19.1. The van der Waals surface area contributed by atoms with Crippen LogP contribution in [-0.2, 0) is 11.3 Å². The maximum Gasteiger partial charge on any atom is 0.222 e. The molecule has 1 amide bonds. The van der Waals surface area contributed by atoms with Crippen molar-refractivity contribution in [3.05, 3.63) is 54.6 Å². The molecule has 6 nitrogen and oxygen atoms in total. The van der Waals surface area contributed by atoms with Crippen LogP contribution in [-0.4, -0.2) is 32.4 Å². The maximum absolute atomic E-state index is 13.3. The first-order chi connectivity index (χ1) is 12.1. The van der Waals surface area contributed by atoms with Gasteiger partial charge < -0.3 is 10.4 Å². The first-order valence-corrected chi connectivity index (χ1v) is 7.75. The Hall–Kier alpha value is -3.06. The third kappa shape index (κ3) is 3.56. The number of aliphatic hydroxyl groups is 1. The number of aliphatic hydroxyl groups excluding tert-OH is 1. The molecule has 25 heavy (non-hydrogen) atoms. The van der Waals surface area contributed by atoms with Gasteiger partial charge in [0.25, 0.3) is 0 Å². The topological polar surface area (TPSA) is 80.0 Å². The molecule has 3 aromatic rings. The molecule has 0 fully saturated rings. The van der Waals surface area contributed by atoms with E-state index in [9.17, 15) is 14.3 Å². The molecule has 0 unspecified atom stereocenters. The second-order valence-electron chi connectivity index (χ2n) is 5.44. The highest BCUT2D eigenvalue weighted by Crippen LogP contribution is 2.37. The van der Waals surface area contributed by atoms with Gasteiger partial charge in [-0.1, -0.05) is 0 Å². The molecule has 0 aliphatic carbocycles. The van der Waals surface area contributed by atoms with E-state index in [2.05, 4.69) is 15.4 Å². The van der Waals surface area contributed by atoms with Crippen LogP contribution in [0.4, 0.5) is 10.2 Å². The number of benzene rings is 1. The number of carbonyl (C=O) groups is 1. The summed E-state index contributed by atoms with van der Waals surface area (Å²) in [5, 5.41) is 16.6. The van der Waals surface area contributed by atoms with Gasteiger partial charge in [0.1, 0.15) is 17.3 Å². The fourth-order valence-corrected chi connectivity index (χ4v) is 2.61. The van der Waals surface area contributed by atoms with Gasteiger partial charge in [-0.3, -0.25) is 9.78 Å². The molecule has 3 rings (SSSR count). The number of pyridine rings is 1. The Kier molecular flexibility index (Phi) is 4.85. The van der Waals surface area contributed by atoms with Crippen LogP contribution in [0.3, 0.4) is 0 Å². The average molecular weight is 340 g/mol. The van der Waals surface area contributed by atoms with E-state index in [4.69, 9.17) is 0 Å². The average Bonchev–Trinajstić information content (AvgIpc) is 2.94. The first kappa shape index (κ1) is 16.8. The summed E-state index contributed by atoms with van der Waals surface area (Å²) in [5.74, 6) is -0.113. The molecule has 0 aliphatic rings. The molecule has 0 atom stereocenters. The Labute approximate surface area is 144 Å². The van der Waals surface area contributed by atoms with Crippen molar-refractivity contribution in [3.63, 3.8) is 0 Å². The summed E-state index contributed by atoms with van der Waals surface area (Å²) in [6, 6.07) is 9.58. The first-order valence-electron chi connectivity index (χ1n) is 7.75. The van der Waals surface area contributed by atoms with Gasteiger partial charge in [0.2, 0.25) is 5.91 Å². The third-order valence-corrected chi connectivity index (χ3v) is 3.65. The summed E-state index contributed by atoms with van der Waals surface area (Å²) in [6.07, 6.45) is 3.29. The van der Waals surface area contributed by atoms with Gasteiger partial charge in [0, 0.05) is 24.9 Å². The van der Waals surface area contributed by atoms with Gasteiger partial charge in [-0.05, 0) is 42.0 Å². The van der Waals surface area contributed by atoms with E-state index in [1.807, 2.05) is 0 Å². The zero-order valence-corrected chi connectivity index (χ0v) is 13.6. The lowest BCUT2D eigenvalue weighted by molar-refractivity contribution is -0.114. The number of amides is 1. The van der Waals surface area contributed by atoms with Crippen molar-refractivity contribution < 1.29 is 14.3 Å². The highest BCUT2D eigenvalue weighted by molar-refractivity contribution is 5.97. The number of rotatable bonds is 5. The van der Waals surface area contributed by atoms with Crippen molar-refractivity contribution in [2.24, 2.45) is 0 Å². The lowest BCUT2D eigenvalue weighted by Gasteiger charge is -2.09. The molecule has 1 aromatic carbocycles. The summed E-state index contributed by atoms with van der Waals surface area (Å²) in [4.78, 5) is 15.7. The van der Waals surface area contributed by atoms with Crippen LogP contribution in [0.2, 0.25) is 0 Å². The zero-order chi connectivity index (χ0) is 17.8. The van der Waals surface area contributed by atoms with E-state index in [0.29, 0.717) is 22.6 Å². The summed E-state index contributed by atoms with van der Waals surface area (Å²) in [7, 11) is 0. The number of nitrogens with one attached hydrogen (secondary N) is 1. The van der Waals surface area contributed by atoms with Crippen LogP contribution in [0, 0.1) is 5.82 Å². The maximum atomic E-state index is 13.3. The molecule has 0 spiro atoms. The molecule has 128 valence electrons. The fourth-order valence-electron chi connectivity index (χ4n) is 2.61. The van der Waals surface area contributed by atoms with E-state index in [0.717, 1.165) is 5.56 Å². The van der Waals surface area contributed by atoms with Crippen molar-refractivity contribution in [3.8, 4) is 22.4 Å². The van der Waals surface area contributed by atoms with E-state index in [1.54, 1.807) is 36.7 Å². The van der Waals surface area contributed by atoms with Gasteiger partial charge in [-0.25, -0.2) is 9.07 Å². The fraction of sp³-hybridized carbons (Fsp3) is 0.167. The van der Waals surface area contributed by atoms with Crippen LogP contribution in [0.5, 0.6) is 0 Å². The number of halogens is 1. The van der Waals surface area contributed by atoms with E-state index in [1.165, 1.54) is 23.7 Å². The molecule has 0 saturated carbocycles. The van der Waals surface area contributed by atoms with Crippen LogP contribution < -0.4 is 5.32 Å². The SMILES string of the molecule is CC(=O)Nc1c(-c2ccncc2)c(-c2ccc(F)cc2)nn1CCO. The van der Waals surface area contributed by atoms with Crippen molar-refractivity contribution in [1.82, 2.24) is 14.8 Å². The minimum atomic E-state index is -0.342. The number of carbonyl (C=O) groups excluding carboxylic acids is 1. The van der Waals surface area contributed by atoms with E-state index >= 15 is 0 Å². The normalized spacial score (nSPS) is 10.7. The van der Waals surface area contributed by atoms with Gasteiger partial charge in [0.05, 0.1) is 18.7 Å². The van der Waals surface area contributed by atoms with Crippen LogP contribution >= 0.6 is 0 Å². The Morgan fingerprint density at radius 3 is 2.44 bits per heavy atom. The van der Waals surface area contributed by atoms with Crippen molar-refractivity contribution >= 4 is 11.7 Å². The van der Waals surface area contributed by atoms with Crippen molar-refractivity contribution in [2.75, 3.05) is 11.9 Å². The number of hydrogen-bond acceptors (Lipinski definition) is 4.